The van der Waals surface area contributed by atoms with Crippen molar-refractivity contribution in [2.75, 3.05) is 27.4 Å². The third-order valence-electron chi connectivity index (χ3n) is 6.81. The van der Waals surface area contributed by atoms with Crippen molar-refractivity contribution in [3.63, 3.8) is 0 Å². The molecule has 206 valence electrons. The average molecular weight is 524 g/mol. The fourth-order valence-corrected chi connectivity index (χ4v) is 4.78. The molecule has 0 saturated heterocycles. The topological polar surface area (TPSA) is 83.1 Å². The van der Waals surface area contributed by atoms with Crippen molar-refractivity contribution in [3.05, 3.63) is 65.7 Å². The van der Waals surface area contributed by atoms with Gasteiger partial charge in [0.25, 0.3) is 5.91 Å². The highest BCUT2D eigenvalue weighted by Gasteiger charge is 2.36. The van der Waals surface area contributed by atoms with Crippen molar-refractivity contribution >= 4 is 11.9 Å². The number of amides is 1. The molecule has 0 aliphatic heterocycles. The second kappa shape index (κ2) is 15.1. The van der Waals surface area contributed by atoms with Gasteiger partial charge in [0.1, 0.15) is 17.2 Å². The first kappa shape index (κ1) is 29.1. The third kappa shape index (κ3) is 8.01. The van der Waals surface area contributed by atoms with Gasteiger partial charge in [0.15, 0.2) is 0 Å². The molecule has 0 unspecified atom stereocenters. The molecule has 1 N–H and O–H groups in total. The normalized spacial score (nSPS) is 17.1. The summed E-state index contributed by atoms with van der Waals surface area (Å²) in [5, 5.41) is 3.07. The Morgan fingerprint density at radius 3 is 2.34 bits per heavy atom. The molecule has 7 heteroatoms. The number of rotatable bonds is 15. The van der Waals surface area contributed by atoms with Crippen molar-refractivity contribution in [2.24, 2.45) is 5.92 Å². The van der Waals surface area contributed by atoms with E-state index in [4.69, 9.17) is 18.9 Å². The average Bonchev–Trinajstić information content (AvgIpc) is 3.38. The van der Waals surface area contributed by atoms with Gasteiger partial charge in [0.2, 0.25) is 0 Å². The van der Waals surface area contributed by atoms with E-state index in [2.05, 4.69) is 12.2 Å². The number of esters is 1. The van der Waals surface area contributed by atoms with Crippen molar-refractivity contribution in [1.29, 1.82) is 0 Å². The van der Waals surface area contributed by atoms with E-state index in [0.717, 1.165) is 12.2 Å². The zero-order valence-electron chi connectivity index (χ0n) is 23.0. The smallest absolute Gasteiger partial charge is 0.314 e. The second-order valence-corrected chi connectivity index (χ2v) is 9.49. The van der Waals surface area contributed by atoms with Crippen LogP contribution in [0.25, 0.3) is 0 Å². The summed E-state index contributed by atoms with van der Waals surface area (Å²) in [6.45, 7) is 4.95. The Morgan fingerprint density at radius 1 is 0.921 bits per heavy atom. The minimum absolute atomic E-state index is 0.168. The van der Waals surface area contributed by atoms with Crippen molar-refractivity contribution in [2.45, 2.75) is 64.3 Å². The maximum atomic E-state index is 13.1. The first-order chi connectivity index (χ1) is 18.5. The van der Waals surface area contributed by atoms with Crippen LogP contribution in [0.2, 0.25) is 0 Å². The SMILES string of the molecule is CCCCCCCOc1ccc(C(=O)N[C@@H]2C=C[C@H]([C@H](C(=O)OCC)c3cc(OC)ccc3OC)C2)cc1. The van der Waals surface area contributed by atoms with Crippen molar-refractivity contribution in [1.82, 2.24) is 5.32 Å². The number of hydrogen-bond acceptors (Lipinski definition) is 6. The number of nitrogens with one attached hydrogen (secondary N) is 1. The lowest BCUT2D eigenvalue weighted by Gasteiger charge is -2.24. The van der Waals surface area contributed by atoms with E-state index in [0.29, 0.717) is 35.7 Å². The minimum Gasteiger partial charge on any atom is -0.497 e. The number of hydrogen-bond donors (Lipinski definition) is 1. The van der Waals surface area contributed by atoms with E-state index in [-0.39, 0.29) is 30.4 Å². The van der Waals surface area contributed by atoms with Crippen LogP contribution in [-0.2, 0) is 9.53 Å². The minimum atomic E-state index is -0.587. The highest BCUT2D eigenvalue weighted by atomic mass is 16.5. The molecule has 3 rings (SSSR count). The molecule has 3 atom stereocenters. The van der Waals surface area contributed by atoms with Gasteiger partial charge in [0, 0.05) is 17.2 Å². The zero-order valence-corrected chi connectivity index (χ0v) is 23.0. The van der Waals surface area contributed by atoms with Gasteiger partial charge in [-0.1, -0.05) is 44.8 Å². The van der Waals surface area contributed by atoms with Gasteiger partial charge in [0.05, 0.1) is 33.4 Å². The molecule has 1 amide bonds. The van der Waals surface area contributed by atoms with Gasteiger partial charge in [-0.25, -0.2) is 0 Å². The maximum absolute atomic E-state index is 13.1. The quantitative estimate of drug-likeness (QED) is 0.173. The highest BCUT2D eigenvalue weighted by molar-refractivity contribution is 5.94. The first-order valence-corrected chi connectivity index (χ1v) is 13.6. The fourth-order valence-electron chi connectivity index (χ4n) is 4.78. The van der Waals surface area contributed by atoms with Crippen LogP contribution in [0.1, 0.15) is 74.2 Å². The van der Waals surface area contributed by atoms with Crippen LogP contribution in [0.5, 0.6) is 17.2 Å². The van der Waals surface area contributed by atoms with E-state index >= 15 is 0 Å². The fraction of sp³-hybridized carbons (Fsp3) is 0.484. The number of benzene rings is 2. The lowest BCUT2D eigenvalue weighted by atomic mass is 9.84. The number of methoxy groups -OCH3 is 2. The summed E-state index contributed by atoms with van der Waals surface area (Å²) in [6, 6.07) is 12.4. The lowest BCUT2D eigenvalue weighted by molar-refractivity contribution is -0.146. The second-order valence-electron chi connectivity index (χ2n) is 9.49. The summed E-state index contributed by atoms with van der Waals surface area (Å²) >= 11 is 0. The Bertz CT molecular complexity index is 1060. The van der Waals surface area contributed by atoms with Gasteiger partial charge in [-0.2, -0.15) is 0 Å². The van der Waals surface area contributed by atoms with Crippen molar-refractivity contribution < 1.29 is 28.5 Å². The first-order valence-electron chi connectivity index (χ1n) is 13.6. The summed E-state index contributed by atoms with van der Waals surface area (Å²) < 4.78 is 22.2. The van der Waals surface area contributed by atoms with Crippen LogP contribution in [0.3, 0.4) is 0 Å². The Labute approximate surface area is 226 Å². The molecule has 7 nitrogen and oxygen atoms in total. The van der Waals surface area contributed by atoms with Crippen LogP contribution in [0, 0.1) is 5.92 Å². The van der Waals surface area contributed by atoms with Crippen LogP contribution < -0.4 is 19.5 Å². The monoisotopic (exact) mass is 523 g/mol. The van der Waals surface area contributed by atoms with E-state index in [1.54, 1.807) is 45.4 Å². The predicted molar refractivity (Wildman–Crippen MR) is 148 cm³/mol. The van der Waals surface area contributed by atoms with Gasteiger partial charge < -0.3 is 24.3 Å². The van der Waals surface area contributed by atoms with E-state index in [1.807, 2.05) is 30.4 Å². The molecule has 0 radical (unpaired) electrons. The van der Waals surface area contributed by atoms with E-state index in [9.17, 15) is 9.59 Å². The Balaban J connectivity index is 1.61. The lowest BCUT2D eigenvalue weighted by Crippen LogP contribution is -2.33. The standard InChI is InChI=1S/C31H41NO6/c1-5-7-8-9-10-19-38-25-15-12-22(13-16-25)30(33)32-24-14-11-23(20-24)29(31(34)37-6-2)27-21-26(35-3)17-18-28(27)36-4/h11-18,21,23-24,29H,5-10,19-20H2,1-4H3,(H,32,33)/t23-,24+,29-/m0/s1. The van der Waals surface area contributed by atoms with Crippen LogP contribution in [-0.4, -0.2) is 45.4 Å². The summed E-state index contributed by atoms with van der Waals surface area (Å²) in [5.74, 6) is 0.728. The van der Waals surface area contributed by atoms with Crippen LogP contribution in [0.15, 0.2) is 54.6 Å². The summed E-state index contributed by atoms with van der Waals surface area (Å²) in [7, 11) is 3.16. The van der Waals surface area contributed by atoms with Gasteiger partial charge >= 0.3 is 5.97 Å². The molecule has 0 bridgehead atoms. The molecule has 2 aromatic carbocycles. The molecule has 0 fully saturated rings. The number of unbranched alkanes of at least 4 members (excludes halogenated alkanes) is 4. The third-order valence-corrected chi connectivity index (χ3v) is 6.81. The Hall–Kier alpha value is -3.48. The number of carbonyl (C=O) groups is 2. The summed E-state index contributed by atoms with van der Waals surface area (Å²) in [6.07, 6.45) is 10.4. The summed E-state index contributed by atoms with van der Waals surface area (Å²) in [4.78, 5) is 26.0. The summed E-state index contributed by atoms with van der Waals surface area (Å²) in [5.41, 5.74) is 1.27. The largest absolute Gasteiger partial charge is 0.497 e. The van der Waals surface area contributed by atoms with E-state index < -0.39 is 5.92 Å². The van der Waals surface area contributed by atoms with Crippen LogP contribution >= 0.6 is 0 Å². The number of ether oxygens (including phenoxy) is 4. The van der Waals surface area contributed by atoms with Gasteiger partial charge in [-0.3, -0.25) is 9.59 Å². The molecule has 1 aliphatic rings. The molecule has 0 heterocycles. The number of carbonyl (C=O) groups excluding carboxylic acids is 2. The molecule has 2 aromatic rings. The Morgan fingerprint density at radius 2 is 1.66 bits per heavy atom. The molecule has 1 aliphatic carbocycles. The zero-order chi connectivity index (χ0) is 27.3. The number of allylic oxidation sites excluding steroid dienone is 1. The molecular formula is C31H41NO6. The highest BCUT2D eigenvalue weighted by Crippen LogP contribution is 2.40. The molecular weight excluding hydrogens is 482 g/mol. The van der Waals surface area contributed by atoms with Crippen LogP contribution in [0.4, 0.5) is 0 Å². The van der Waals surface area contributed by atoms with Gasteiger partial charge in [-0.15, -0.1) is 0 Å². The molecule has 0 saturated carbocycles. The van der Waals surface area contributed by atoms with Gasteiger partial charge in [-0.05, 0) is 68.1 Å². The molecule has 0 spiro atoms. The maximum Gasteiger partial charge on any atom is 0.314 e. The van der Waals surface area contributed by atoms with E-state index in [1.165, 1.54) is 25.7 Å². The van der Waals surface area contributed by atoms with Crippen molar-refractivity contribution in [3.8, 4) is 17.2 Å². The Kier molecular flexibility index (Phi) is 11.5. The molecule has 0 aromatic heterocycles. The predicted octanol–water partition coefficient (Wildman–Crippen LogP) is 6.07. The molecule has 38 heavy (non-hydrogen) atoms.